The molecule has 0 unspecified atom stereocenters. The summed E-state index contributed by atoms with van der Waals surface area (Å²) in [7, 11) is 1.51. The zero-order chi connectivity index (χ0) is 14.5. The van der Waals surface area contributed by atoms with Crippen LogP contribution in [0.4, 0.5) is 21.9 Å². The summed E-state index contributed by atoms with van der Waals surface area (Å²) in [5.74, 6) is 0.492. The smallest absolute Gasteiger partial charge is 0.323 e. The van der Waals surface area contributed by atoms with Crippen molar-refractivity contribution < 1.29 is 9.53 Å². The molecule has 0 atom stereocenters. The van der Waals surface area contributed by atoms with Crippen molar-refractivity contribution in [1.82, 2.24) is 0 Å². The lowest BCUT2D eigenvalue weighted by Gasteiger charge is -2.11. The van der Waals surface area contributed by atoms with Gasteiger partial charge in [0.25, 0.3) is 0 Å². The number of urea groups is 1. The number of amides is 2. The van der Waals surface area contributed by atoms with E-state index in [0.29, 0.717) is 27.8 Å². The lowest BCUT2D eigenvalue weighted by molar-refractivity contribution is 0.262. The van der Waals surface area contributed by atoms with E-state index in [1.54, 1.807) is 42.5 Å². The second-order valence-electron chi connectivity index (χ2n) is 4.05. The molecule has 2 aromatic carbocycles. The van der Waals surface area contributed by atoms with Crippen LogP contribution in [0.3, 0.4) is 0 Å². The number of nitrogens with one attached hydrogen (secondary N) is 2. The van der Waals surface area contributed by atoms with E-state index in [9.17, 15) is 4.79 Å². The Morgan fingerprint density at radius 1 is 1.20 bits per heavy atom. The van der Waals surface area contributed by atoms with Gasteiger partial charge in [-0.25, -0.2) is 4.79 Å². The maximum Gasteiger partial charge on any atom is 0.323 e. The van der Waals surface area contributed by atoms with Crippen molar-refractivity contribution in [1.29, 1.82) is 0 Å². The van der Waals surface area contributed by atoms with Gasteiger partial charge < -0.3 is 21.1 Å². The topological polar surface area (TPSA) is 76.4 Å². The molecule has 2 aromatic rings. The minimum atomic E-state index is -0.393. The average Bonchev–Trinajstić information content (AvgIpc) is 2.40. The van der Waals surface area contributed by atoms with E-state index in [4.69, 9.17) is 22.1 Å². The summed E-state index contributed by atoms with van der Waals surface area (Å²) in [6.07, 6.45) is 0. The van der Waals surface area contributed by atoms with Crippen LogP contribution in [0, 0.1) is 0 Å². The first kappa shape index (κ1) is 14.0. The van der Waals surface area contributed by atoms with Crippen LogP contribution in [0.25, 0.3) is 0 Å². The summed E-state index contributed by atoms with van der Waals surface area (Å²) in [4.78, 5) is 11.9. The molecule has 2 rings (SSSR count). The summed E-state index contributed by atoms with van der Waals surface area (Å²) < 4.78 is 5.15. The Morgan fingerprint density at radius 2 is 2.00 bits per heavy atom. The summed E-state index contributed by atoms with van der Waals surface area (Å²) in [6, 6.07) is 11.5. The zero-order valence-corrected chi connectivity index (χ0v) is 11.6. The van der Waals surface area contributed by atoms with E-state index in [1.165, 1.54) is 7.11 Å². The van der Waals surface area contributed by atoms with Gasteiger partial charge >= 0.3 is 6.03 Å². The third-order valence-corrected chi connectivity index (χ3v) is 2.79. The Morgan fingerprint density at radius 3 is 2.70 bits per heavy atom. The Bertz CT molecular complexity index is 632. The van der Waals surface area contributed by atoms with Gasteiger partial charge in [0.15, 0.2) is 0 Å². The second kappa shape index (κ2) is 6.16. The summed E-state index contributed by atoms with van der Waals surface area (Å²) in [5, 5.41) is 5.91. The number of benzene rings is 2. The quantitative estimate of drug-likeness (QED) is 0.757. The van der Waals surface area contributed by atoms with Gasteiger partial charge in [-0.2, -0.15) is 0 Å². The van der Waals surface area contributed by atoms with Gasteiger partial charge in [0.1, 0.15) is 5.75 Å². The number of nitrogens with two attached hydrogens (primary N) is 1. The molecule has 0 bridgehead atoms. The predicted octanol–water partition coefficient (Wildman–Crippen LogP) is 3.57. The lowest BCUT2D eigenvalue weighted by Crippen LogP contribution is -2.19. The van der Waals surface area contributed by atoms with Crippen LogP contribution in [0.1, 0.15) is 0 Å². The van der Waals surface area contributed by atoms with Gasteiger partial charge in [0.05, 0.1) is 12.8 Å². The number of nitrogen functional groups attached to an aromatic ring is 1. The highest BCUT2D eigenvalue weighted by atomic mass is 35.5. The molecular weight excluding hydrogens is 278 g/mol. The largest absolute Gasteiger partial charge is 0.494 e. The zero-order valence-electron chi connectivity index (χ0n) is 10.8. The number of hydrogen-bond acceptors (Lipinski definition) is 3. The van der Waals surface area contributed by atoms with Crippen molar-refractivity contribution in [3.8, 4) is 5.75 Å². The molecule has 0 radical (unpaired) electrons. The fourth-order valence-corrected chi connectivity index (χ4v) is 1.85. The monoisotopic (exact) mass is 291 g/mol. The summed E-state index contributed by atoms with van der Waals surface area (Å²) >= 11 is 5.85. The maximum absolute atomic E-state index is 11.9. The second-order valence-corrected chi connectivity index (χ2v) is 4.49. The molecule has 0 aliphatic rings. The SMILES string of the molecule is COc1cc(N)ccc1NC(=O)Nc1cccc(Cl)c1. The summed E-state index contributed by atoms with van der Waals surface area (Å²) in [5.41, 5.74) is 7.34. The molecule has 0 aromatic heterocycles. The van der Waals surface area contributed by atoms with Crippen LogP contribution < -0.4 is 21.1 Å². The molecule has 0 fully saturated rings. The van der Waals surface area contributed by atoms with E-state index >= 15 is 0 Å². The van der Waals surface area contributed by atoms with Crippen LogP contribution in [0.2, 0.25) is 5.02 Å². The van der Waals surface area contributed by atoms with E-state index in [-0.39, 0.29) is 0 Å². The van der Waals surface area contributed by atoms with Crippen LogP contribution in [-0.2, 0) is 0 Å². The Balaban J connectivity index is 2.08. The normalized spacial score (nSPS) is 9.90. The Kier molecular flexibility index (Phi) is 4.32. The van der Waals surface area contributed by atoms with Gasteiger partial charge in [-0.3, -0.25) is 0 Å². The van der Waals surface area contributed by atoms with E-state index in [2.05, 4.69) is 10.6 Å². The molecule has 20 heavy (non-hydrogen) atoms. The van der Waals surface area contributed by atoms with Crippen molar-refractivity contribution in [3.63, 3.8) is 0 Å². The average molecular weight is 292 g/mol. The molecule has 6 heteroatoms. The summed E-state index contributed by atoms with van der Waals surface area (Å²) in [6.45, 7) is 0. The maximum atomic E-state index is 11.9. The number of carbonyl (C=O) groups excluding carboxylic acids is 1. The third kappa shape index (κ3) is 3.55. The van der Waals surface area contributed by atoms with Crippen molar-refractivity contribution in [2.45, 2.75) is 0 Å². The first-order chi connectivity index (χ1) is 9.58. The van der Waals surface area contributed by atoms with Gasteiger partial charge in [0.2, 0.25) is 0 Å². The molecule has 2 amide bonds. The highest BCUT2D eigenvalue weighted by Gasteiger charge is 2.08. The van der Waals surface area contributed by atoms with Crippen molar-refractivity contribution in [2.24, 2.45) is 0 Å². The lowest BCUT2D eigenvalue weighted by atomic mass is 10.2. The highest BCUT2D eigenvalue weighted by molar-refractivity contribution is 6.30. The van der Waals surface area contributed by atoms with Crippen LogP contribution in [0.15, 0.2) is 42.5 Å². The van der Waals surface area contributed by atoms with Gasteiger partial charge in [-0.1, -0.05) is 17.7 Å². The van der Waals surface area contributed by atoms with E-state index in [1.807, 2.05) is 0 Å². The standard InChI is InChI=1S/C14H14ClN3O2/c1-20-13-8-10(16)5-6-12(13)18-14(19)17-11-4-2-3-9(15)7-11/h2-8H,16H2,1H3,(H2,17,18,19). The molecule has 4 N–H and O–H groups in total. The molecule has 0 heterocycles. The van der Waals surface area contributed by atoms with Gasteiger partial charge in [0, 0.05) is 22.5 Å². The first-order valence-corrected chi connectivity index (χ1v) is 6.23. The van der Waals surface area contributed by atoms with Crippen LogP contribution in [-0.4, -0.2) is 13.1 Å². The molecular formula is C14H14ClN3O2. The van der Waals surface area contributed by atoms with Crippen LogP contribution >= 0.6 is 11.6 Å². The Labute approximate surface area is 121 Å². The molecule has 0 saturated heterocycles. The van der Waals surface area contributed by atoms with E-state index in [0.717, 1.165) is 0 Å². The number of anilines is 3. The predicted molar refractivity (Wildman–Crippen MR) is 81.5 cm³/mol. The molecule has 5 nitrogen and oxygen atoms in total. The Hall–Kier alpha value is -2.40. The fraction of sp³-hybridized carbons (Fsp3) is 0.0714. The molecule has 0 aliphatic carbocycles. The number of methoxy groups -OCH3 is 1. The minimum Gasteiger partial charge on any atom is -0.494 e. The first-order valence-electron chi connectivity index (χ1n) is 5.85. The number of hydrogen-bond donors (Lipinski definition) is 3. The van der Waals surface area contributed by atoms with E-state index < -0.39 is 6.03 Å². The van der Waals surface area contributed by atoms with Gasteiger partial charge in [-0.05, 0) is 30.3 Å². The number of rotatable bonds is 3. The molecule has 104 valence electrons. The number of ether oxygens (including phenoxy) is 1. The fourth-order valence-electron chi connectivity index (χ4n) is 1.66. The third-order valence-electron chi connectivity index (χ3n) is 2.56. The highest BCUT2D eigenvalue weighted by Crippen LogP contribution is 2.26. The van der Waals surface area contributed by atoms with Crippen LogP contribution in [0.5, 0.6) is 5.75 Å². The molecule has 0 saturated carbocycles. The van der Waals surface area contributed by atoms with Crippen molar-refractivity contribution >= 4 is 34.7 Å². The number of halogens is 1. The molecule has 0 spiro atoms. The number of carbonyl (C=O) groups is 1. The minimum absolute atomic E-state index is 0.393. The van der Waals surface area contributed by atoms with Crippen molar-refractivity contribution in [2.75, 3.05) is 23.5 Å². The van der Waals surface area contributed by atoms with Gasteiger partial charge in [-0.15, -0.1) is 0 Å². The molecule has 0 aliphatic heterocycles. The van der Waals surface area contributed by atoms with Crippen molar-refractivity contribution in [3.05, 3.63) is 47.5 Å².